The Bertz CT molecular complexity index is 375. The molecular formula is C12H18N2O2. The first kappa shape index (κ1) is 12.5. The molecule has 1 rings (SSSR count). The monoisotopic (exact) mass is 222 g/mol. The zero-order valence-corrected chi connectivity index (χ0v) is 9.84. The molecule has 0 bridgehead atoms. The number of nitrogens with two attached hydrogens (primary N) is 1. The number of benzene rings is 1. The third kappa shape index (κ3) is 2.73. The van der Waals surface area contributed by atoms with E-state index < -0.39 is 6.09 Å². The summed E-state index contributed by atoms with van der Waals surface area (Å²) in [7, 11) is 0. The van der Waals surface area contributed by atoms with Gasteiger partial charge in [-0.05, 0) is 38.5 Å². The topological polar surface area (TPSA) is 66.6 Å². The van der Waals surface area contributed by atoms with E-state index in [0.29, 0.717) is 5.69 Å². The van der Waals surface area contributed by atoms with Gasteiger partial charge in [0.2, 0.25) is 0 Å². The molecule has 16 heavy (non-hydrogen) atoms. The van der Waals surface area contributed by atoms with Gasteiger partial charge in [-0.15, -0.1) is 0 Å². The number of carbonyl (C=O) groups is 1. The van der Waals surface area contributed by atoms with Crippen LogP contribution in [0.5, 0.6) is 0 Å². The van der Waals surface area contributed by atoms with Crippen molar-refractivity contribution in [2.24, 2.45) is 5.73 Å². The molecule has 0 spiro atoms. The van der Waals surface area contributed by atoms with Crippen molar-refractivity contribution in [1.29, 1.82) is 0 Å². The Kier molecular flexibility index (Phi) is 3.90. The summed E-state index contributed by atoms with van der Waals surface area (Å²) < 4.78 is 0. The number of amides is 1. The van der Waals surface area contributed by atoms with Crippen molar-refractivity contribution in [3.63, 3.8) is 0 Å². The highest BCUT2D eigenvalue weighted by Gasteiger charge is 2.18. The molecule has 0 aromatic heterocycles. The van der Waals surface area contributed by atoms with Gasteiger partial charge in [-0.1, -0.05) is 12.1 Å². The lowest BCUT2D eigenvalue weighted by molar-refractivity contribution is 0.200. The van der Waals surface area contributed by atoms with E-state index in [9.17, 15) is 4.79 Å². The third-order valence-electron chi connectivity index (χ3n) is 2.40. The van der Waals surface area contributed by atoms with E-state index in [-0.39, 0.29) is 12.1 Å². The lowest BCUT2D eigenvalue weighted by Gasteiger charge is -2.24. The molecule has 0 aliphatic carbocycles. The molecule has 0 saturated heterocycles. The highest BCUT2D eigenvalue weighted by atomic mass is 16.4. The molecule has 1 amide bonds. The molecule has 1 atom stereocenters. The molecule has 0 saturated carbocycles. The Morgan fingerprint density at radius 2 is 2.00 bits per heavy atom. The number of hydrogen-bond acceptors (Lipinski definition) is 2. The smallest absolute Gasteiger partial charge is 0.412 e. The average molecular weight is 222 g/mol. The van der Waals surface area contributed by atoms with Gasteiger partial charge < -0.3 is 10.8 Å². The quantitative estimate of drug-likeness (QED) is 0.826. The molecule has 0 radical (unpaired) electrons. The summed E-state index contributed by atoms with van der Waals surface area (Å²) in [6.45, 7) is 5.55. The lowest BCUT2D eigenvalue weighted by Crippen LogP contribution is -2.35. The summed E-state index contributed by atoms with van der Waals surface area (Å²) in [6, 6.07) is 7.13. The van der Waals surface area contributed by atoms with Crippen LogP contribution >= 0.6 is 0 Å². The molecule has 88 valence electrons. The number of hydrogen-bond donors (Lipinski definition) is 2. The predicted octanol–water partition coefficient (Wildman–Crippen LogP) is 2.60. The van der Waals surface area contributed by atoms with Crippen molar-refractivity contribution in [3.8, 4) is 0 Å². The minimum atomic E-state index is -0.947. The van der Waals surface area contributed by atoms with E-state index >= 15 is 0 Å². The van der Waals surface area contributed by atoms with Crippen LogP contribution in [0.4, 0.5) is 10.5 Å². The van der Waals surface area contributed by atoms with Crippen LogP contribution in [-0.2, 0) is 0 Å². The summed E-state index contributed by atoms with van der Waals surface area (Å²) in [5.74, 6) is 0. The first-order valence-electron chi connectivity index (χ1n) is 5.31. The molecule has 0 unspecified atom stereocenters. The van der Waals surface area contributed by atoms with E-state index in [1.165, 1.54) is 4.90 Å². The second-order valence-electron chi connectivity index (χ2n) is 4.13. The van der Waals surface area contributed by atoms with Crippen LogP contribution in [0.25, 0.3) is 0 Å². The second kappa shape index (κ2) is 4.99. The maximum Gasteiger partial charge on any atom is 0.412 e. The minimum absolute atomic E-state index is 0.0947. The van der Waals surface area contributed by atoms with Crippen molar-refractivity contribution in [2.75, 3.05) is 4.90 Å². The SMILES string of the molecule is CC(C)N(C(=O)O)c1cccc([C@H](C)N)c1. The zero-order valence-electron chi connectivity index (χ0n) is 9.84. The molecule has 0 aliphatic rings. The Morgan fingerprint density at radius 1 is 1.38 bits per heavy atom. The van der Waals surface area contributed by atoms with E-state index in [1.54, 1.807) is 6.07 Å². The van der Waals surface area contributed by atoms with Crippen LogP contribution in [0.2, 0.25) is 0 Å². The van der Waals surface area contributed by atoms with Gasteiger partial charge in [-0.3, -0.25) is 4.90 Å². The summed E-state index contributed by atoms with van der Waals surface area (Å²) in [5.41, 5.74) is 7.37. The van der Waals surface area contributed by atoms with E-state index in [1.807, 2.05) is 39.0 Å². The number of nitrogens with zero attached hydrogens (tertiary/aromatic N) is 1. The van der Waals surface area contributed by atoms with Gasteiger partial charge in [0.1, 0.15) is 0 Å². The number of anilines is 1. The van der Waals surface area contributed by atoms with Gasteiger partial charge in [0, 0.05) is 17.8 Å². The molecule has 0 heterocycles. The van der Waals surface area contributed by atoms with Crippen LogP contribution < -0.4 is 10.6 Å². The van der Waals surface area contributed by atoms with Gasteiger partial charge in [0.05, 0.1) is 0 Å². The highest BCUT2D eigenvalue weighted by Crippen LogP contribution is 2.21. The molecule has 4 heteroatoms. The van der Waals surface area contributed by atoms with Gasteiger partial charge in [0.25, 0.3) is 0 Å². The van der Waals surface area contributed by atoms with Crippen molar-refractivity contribution in [2.45, 2.75) is 32.9 Å². The number of rotatable bonds is 3. The fourth-order valence-corrected chi connectivity index (χ4v) is 1.59. The standard InChI is InChI=1S/C12H18N2O2/c1-8(2)14(12(15)16)11-6-4-5-10(7-11)9(3)13/h4-9H,13H2,1-3H3,(H,15,16)/t9-/m0/s1. The molecular weight excluding hydrogens is 204 g/mol. The third-order valence-corrected chi connectivity index (χ3v) is 2.40. The van der Waals surface area contributed by atoms with Crippen LogP contribution in [0.1, 0.15) is 32.4 Å². The summed E-state index contributed by atoms with van der Waals surface area (Å²) in [6.07, 6.45) is -0.947. The largest absolute Gasteiger partial charge is 0.465 e. The van der Waals surface area contributed by atoms with Crippen LogP contribution in [0.15, 0.2) is 24.3 Å². The molecule has 3 N–H and O–H groups in total. The molecule has 0 fully saturated rings. The maximum absolute atomic E-state index is 11.1. The summed E-state index contributed by atoms with van der Waals surface area (Å²) in [4.78, 5) is 12.4. The zero-order chi connectivity index (χ0) is 12.3. The fourth-order valence-electron chi connectivity index (χ4n) is 1.59. The van der Waals surface area contributed by atoms with E-state index in [2.05, 4.69) is 0 Å². The molecule has 0 aliphatic heterocycles. The Labute approximate surface area is 95.7 Å². The Hall–Kier alpha value is -1.55. The molecule has 1 aromatic carbocycles. The fraction of sp³-hybridized carbons (Fsp3) is 0.417. The summed E-state index contributed by atoms with van der Waals surface area (Å²) in [5, 5.41) is 9.12. The average Bonchev–Trinajstić information content (AvgIpc) is 2.16. The molecule has 1 aromatic rings. The van der Waals surface area contributed by atoms with Crippen molar-refractivity contribution in [1.82, 2.24) is 0 Å². The molecule has 4 nitrogen and oxygen atoms in total. The van der Waals surface area contributed by atoms with Gasteiger partial charge >= 0.3 is 6.09 Å². The Morgan fingerprint density at radius 3 is 2.44 bits per heavy atom. The van der Waals surface area contributed by atoms with Crippen LogP contribution in [0, 0.1) is 0 Å². The van der Waals surface area contributed by atoms with Crippen molar-refractivity contribution in [3.05, 3.63) is 29.8 Å². The number of carboxylic acid groups (broad SMARTS) is 1. The Balaban J connectivity index is 3.10. The normalized spacial score (nSPS) is 12.6. The van der Waals surface area contributed by atoms with Gasteiger partial charge in [-0.2, -0.15) is 0 Å². The minimum Gasteiger partial charge on any atom is -0.465 e. The van der Waals surface area contributed by atoms with Gasteiger partial charge in [-0.25, -0.2) is 4.79 Å². The van der Waals surface area contributed by atoms with E-state index in [4.69, 9.17) is 10.8 Å². The van der Waals surface area contributed by atoms with Gasteiger partial charge in [0.15, 0.2) is 0 Å². The van der Waals surface area contributed by atoms with Crippen LogP contribution in [0.3, 0.4) is 0 Å². The van der Waals surface area contributed by atoms with Crippen LogP contribution in [-0.4, -0.2) is 17.2 Å². The van der Waals surface area contributed by atoms with E-state index in [0.717, 1.165) is 5.56 Å². The first-order valence-corrected chi connectivity index (χ1v) is 5.31. The highest BCUT2D eigenvalue weighted by molar-refractivity contribution is 5.86. The lowest BCUT2D eigenvalue weighted by atomic mass is 10.1. The van der Waals surface area contributed by atoms with Crippen molar-refractivity contribution < 1.29 is 9.90 Å². The predicted molar refractivity (Wildman–Crippen MR) is 64.7 cm³/mol. The maximum atomic E-state index is 11.1. The van der Waals surface area contributed by atoms with Crippen molar-refractivity contribution >= 4 is 11.8 Å². The second-order valence-corrected chi connectivity index (χ2v) is 4.13. The first-order chi connectivity index (χ1) is 7.43. The summed E-state index contributed by atoms with van der Waals surface area (Å²) >= 11 is 0.